The highest BCUT2D eigenvalue weighted by Crippen LogP contribution is 2.58. The van der Waals surface area contributed by atoms with E-state index in [9.17, 15) is 9.90 Å². The lowest BCUT2D eigenvalue weighted by atomic mass is 9.65. The summed E-state index contributed by atoms with van der Waals surface area (Å²) in [5, 5.41) is 10.1. The molecule has 0 aliphatic heterocycles. The van der Waals surface area contributed by atoms with Crippen LogP contribution in [0.4, 0.5) is 0 Å². The molecule has 8 unspecified atom stereocenters. The average molecular weight is 335 g/mol. The SMILES string of the molecule is CCCCOC1CCC2C(CCC3CC(O)CCC3C3C(=O)C23)C1. The summed E-state index contributed by atoms with van der Waals surface area (Å²) in [6, 6.07) is 0. The quantitative estimate of drug-likeness (QED) is 0.791. The fraction of sp³-hybridized carbons (Fsp3) is 0.952. The molecule has 0 heterocycles. The van der Waals surface area contributed by atoms with E-state index in [-0.39, 0.29) is 6.10 Å². The average Bonchev–Trinajstić information content (AvgIpc) is 3.22. The number of ketones is 1. The Morgan fingerprint density at radius 2 is 1.62 bits per heavy atom. The predicted octanol–water partition coefficient (Wildman–Crippen LogP) is 3.97. The van der Waals surface area contributed by atoms with Gasteiger partial charge in [0.2, 0.25) is 0 Å². The van der Waals surface area contributed by atoms with Gasteiger partial charge in [0.25, 0.3) is 0 Å². The zero-order valence-corrected chi connectivity index (χ0v) is 15.2. The standard InChI is InChI=1S/C21H34O3/c1-2-3-10-24-16-7-9-18-14(12-16)5-4-13-11-15(22)6-8-17(13)19-20(18)21(19)23/h13-20,22H,2-12H2,1H3. The van der Waals surface area contributed by atoms with Crippen LogP contribution in [0.1, 0.15) is 71.1 Å². The molecule has 4 aliphatic rings. The van der Waals surface area contributed by atoms with Crippen molar-refractivity contribution in [2.24, 2.45) is 35.5 Å². The molecule has 0 aromatic rings. The van der Waals surface area contributed by atoms with Gasteiger partial charge in [-0.1, -0.05) is 13.3 Å². The molecule has 0 radical (unpaired) electrons. The first-order valence-electron chi connectivity index (χ1n) is 10.5. The third kappa shape index (κ3) is 3.19. The molecule has 0 spiro atoms. The second kappa shape index (κ2) is 7.07. The van der Waals surface area contributed by atoms with Crippen molar-refractivity contribution in [3.05, 3.63) is 0 Å². The Kier molecular flexibility index (Phi) is 5.02. The van der Waals surface area contributed by atoms with Crippen molar-refractivity contribution in [1.82, 2.24) is 0 Å². The van der Waals surface area contributed by atoms with Gasteiger partial charge in [0.15, 0.2) is 0 Å². The molecular formula is C21H34O3. The summed E-state index contributed by atoms with van der Waals surface area (Å²) < 4.78 is 6.12. The number of carbonyl (C=O) groups excluding carboxylic acids is 1. The number of aliphatic hydroxyl groups is 1. The minimum absolute atomic E-state index is 0.120. The van der Waals surface area contributed by atoms with Gasteiger partial charge in [-0.05, 0) is 81.5 Å². The second-order valence-corrected chi connectivity index (χ2v) is 9.01. The molecule has 0 amide bonds. The van der Waals surface area contributed by atoms with E-state index in [2.05, 4.69) is 6.92 Å². The smallest absolute Gasteiger partial charge is 0.141 e. The van der Waals surface area contributed by atoms with Crippen molar-refractivity contribution < 1.29 is 14.6 Å². The van der Waals surface area contributed by atoms with Gasteiger partial charge in [-0.3, -0.25) is 4.79 Å². The van der Waals surface area contributed by atoms with Crippen LogP contribution in [0.25, 0.3) is 0 Å². The fourth-order valence-electron chi connectivity index (χ4n) is 6.32. The number of hydrogen-bond donors (Lipinski definition) is 1. The van der Waals surface area contributed by atoms with E-state index in [1.165, 1.54) is 32.1 Å². The summed E-state index contributed by atoms with van der Waals surface area (Å²) in [6.45, 7) is 3.11. The number of Topliss-reactive ketones (excluding diaryl/α,β-unsaturated/α-hetero) is 1. The minimum atomic E-state index is -0.120. The van der Waals surface area contributed by atoms with Crippen molar-refractivity contribution in [3.63, 3.8) is 0 Å². The molecule has 3 heteroatoms. The van der Waals surface area contributed by atoms with Crippen LogP contribution in [0.5, 0.6) is 0 Å². The predicted molar refractivity (Wildman–Crippen MR) is 93.5 cm³/mol. The van der Waals surface area contributed by atoms with E-state index in [4.69, 9.17) is 4.74 Å². The Morgan fingerprint density at radius 1 is 0.958 bits per heavy atom. The molecule has 4 rings (SSSR count). The van der Waals surface area contributed by atoms with E-state index in [0.29, 0.717) is 47.4 Å². The van der Waals surface area contributed by atoms with E-state index in [1.807, 2.05) is 0 Å². The summed E-state index contributed by atoms with van der Waals surface area (Å²) in [5.41, 5.74) is 0. The molecule has 136 valence electrons. The normalized spacial score (nSPS) is 47.8. The number of rotatable bonds is 4. The largest absolute Gasteiger partial charge is 0.393 e. The maximum Gasteiger partial charge on any atom is 0.141 e. The first-order chi connectivity index (χ1) is 11.7. The Labute approximate surface area is 146 Å². The summed E-state index contributed by atoms with van der Waals surface area (Å²) in [4.78, 5) is 12.6. The van der Waals surface area contributed by atoms with Crippen molar-refractivity contribution in [3.8, 4) is 0 Å². The highest BCUT2D eigenvalue weighted by molar-refractivity contribution is 6.00. The van der Waals surface area contributed by atoms with Gasteiger partial charge >= 0.3 is 0 Å². The van der Waals surface area contributed by atoms with Gasteiger partial charge in [0, 0.05) is 18.4 Å². The summed E-state index contributed by atoms with van der Waals surface area (Å²) in [5.74, 6) is 3.80. The highest BCUT2D eigenvalue weighted by atomic mass is 16.5. The molecule has 4 aliphatic carbocycles. The molecule has 3 nitrogen and oxygen atoms in total. The zero-order valence-electron chi connectivity index (χ0n) is 15.2. The summed E-state index contributed by atoms with van der Waals surface area (Å²) in [6.07, 6.45) is 11.6. The molecule has 0 saturated heterocycles. The van der Waals surface area contributed by atoms with Crippen LogP contribution >= 0.6 is 0 Å². The topological polar surface area (TPSA) is 46.5 Å². The Balaban J connectivity index is 1.42. The fourth-order valence-corrected chi connectivity index (χ4v) is 6.32. The van der Waals surface area contributed by atoms with Gasteiger partial charge in [-0.15, -0.1) is 0 Å². The first-order valence-corrected chi connectivity index (χ1v) is 10.5. The number of ether oxygens (including phenoxy) is 1. The minimum Gasteiger partial charge on any atom is -0.393 e. The zero-order chi connectivity index (χ0) is 16.7. The monoisotopic (exact) mass is 334 g/mol. The Morgan fingerprint density at radius 3 is 2.33 bits per heavy atom. The van der Waals surface area contributed by atoms with E-state index in [1.54, 1.807) is 0 Å². The van der Waals surface area contributed by atoms with Crippen LogP contribution in [-0.2, 0) is 9.53 Å². The third-order valence-electron chi connectivity index (χ3n) is 7.62. The molecule has 8 atom stereocenters. The van der Waals surface area contributed by atoms with E-state index < -0.39 is 0 Å². The Bertz CT molecular complexity index is 462. The number of carbonyl (C=O) groups is 1. The number of unbranched alkanes of at least 4 members (excludes halogenated alkanes) is 1. The van der Waals surface area contributed by atoms with Crippen molar-refractivity contribution >= 4 is 5.78 Å². The molecule has 0 bridgehead atoms. The van der Waals surface area contributed by atoms with Gasteiger partial charge < -0.3 is 9.84 Å². The number of aliphatic hydroxyl groups excluding tert-OH is 1. The van der Waals surface area contributed by atoms with E-state index in [0.717, 1.165) is 38.7 Å². The molecule has 0 aromatic heterocycles. The van der Waals surface area contributed by atoms with Gasteiger partial charge in [0.05, 0.1) is 12.2 Å². The molecule has 4 saturated carbocycles. The maximum atomic E-state index is 12.6. The van der Waals surface area contributed by atoms with Crippen LogP contribution in [0.3, 0.4) is 0 Å². The lowest BCUT2D eigenvalue weighted by Crippen LogP contribution is -2.36. The number of fused-ring (bicyclic) bond motifs is 5. The second-order valence-electron chi connectivity index (χ2n) is 9.01. The van der Waals surface area contributed by atoms with Crippen LogP contribution in [0.2, 0.25) is 0 Å². The van der Waals surface area contributed by atoms with Crippen molar-refractivity contribution in [1.29, 1.82) is 0 Å². The lowest BCUT2D eigenvalue weighted by molar-refractivity contribution is -0.113. The highest BCUT2D eigenvalue weighted by Gasteiger charge is 2.61. The van der Waals surface area contributed by atoms with Gasteiger partial charge in [-0.2, -0.15) is 0 Å². The van der Waals surface area contributed by atoms with Crippen LogP contribution < -0.4 is 0 Å². The van der Waals surface area contributed by atoms with Gasteiger partial charge in [-0.25, -0.2) is 0 Å². The number of hydrogen-bond acceptors (Lipinski definition) is 3. The summed E-state index contributed by atoms with van der Waals surface area (Å²) >= 11 is 0. The molecule has 0 aromatic carbocycles. The van der Waals surface area contributed by atoms with Gasteiger partial charge in [0.1, 0.15) is 5.78 Å². The molecule has 1 N–H and O–H groups in total. The lowest BCUT2D eigenvalue weighted by Gasteiger charge is -2.42. The van der Waals surface area contributed by atoms with Crippen LogP contribution in [-0.4, -0.2) is 29.7 Å². The van der Waals surface area contributed by atoms with Crippen molar-refractivity contribution in [2.45, 2.75) is 83.3 Å². The molecule has 4 fully saturated rings. The maximum absolute atomic E-state index is 12.6. The van der Waals surface area contributed by atoms with E-state index >= 15 is 0 Å². The third-order valence-corrected chi connectivity index (χ3v) is 7.62. The first kappa shape index (κ1) is 17.0. The molecule has 24 heavy (non-hydrogen) atoms. The van der Waals surface area contributed by atoms with Crippen molar-refractivity contribution in [2.75, 3.05) is 6.61 Å². The summed E-state index contributed by atoms with van der Waals surface area (Å²) in [7, 11) is 0. The molecular weight excluding hydrogens is 300 g/mol. The van der Waals surface area contributed by atoms with Crippen LogP contribution in [0, 0.1) is 35.5 Å². The van der Waals surface area contributed by atoms with Crippen LogP contribution in [0.15, 0.2) is 0 Å². The Hall–Kier alpha value is -0.410.